The standard InChI is InChI=1S/C20H27N3O5/c1-13-11-28-14(2)10-23(13)19(24)6-5-7-22-12-21-16-9-18(27-4)17(26-3)8-15(16)20(22)25/h8-9,12-14H,5-7,10-11H2,1-4H3. The lowest BCUT2D eigenvalue weighted by molar-refractivity contribution is -0.143. The molecule has 1 aromatic heterocycles. The maximum atomic E-state index is 12.8. The molecule has 1 fully saturated rings. The first-order valence-electron chi connectivity index (χ1n) is 9.46. The van der Waals surface area contributed by atoms with Crippen LogP contribution in [0.25, 0.3) is 10.9 Å². The molecule has 1 aliphatic rings. The average molecular weight is 389 g/mol. The number of ether oxygens (including phenoxy) is 3. The van der Waals surface area contributed by atoms with Crippen molar-refractivity contribution in [1.82, 2.24) is 14.5 Å². The van der Waals surface area contributed by atoms with Gasteiger partial charge in [0.2, 0.25) is 5.91 Å². The molecule has 0 saturated carbocycles. The van der Waals surface area contributed by atoms with Crippen molar-refractivity contribution in [3.05, 3.63) is 28.8 Å². The molecular formula is C20H27N3O5. The molecule has 8 nitrogen and oxygen atoms in total. The van der Waals surface area contributed by atoms with Crippen LogP contribution in [0.15, 0.2) is 23.3 Å². The highest BCUT2D eigenvalue weighted by Crippen LogP contribution is 2.29. The molecule has 0 bridgehead atoms. The molecule has 2 unspecified atom stereocenters. The van der Waals surface area contributed by atoms with Crippen molar-refractivity contribution in [3.8, 4) is 11.5 Å². The lowest BCUT2D eigenvalue weighted by Crippen LogP contribution is -2.50. The van der Waals surface area contributed by atoms with Gasteiger partial charge in [-0.2, -0.15) is 0 Å². The van der Waals surface area contributed by atoms with E-state index in [9.17, 15) is 9.59 Å². The fourth-order valence-electron chi connectivity index (χ4n) is 3.44. The summed E-state index contributed by atoms with van der Waals surface area (Å²) in [6.07, 6.45) is 2.52. The predicted molar refractivity (Wildman–Crippen MR) is 105 cm³/mol. The van der Waals surface area contributed by atoms with Gasteiger partial charge in [0.05, 0.1) is 50.2 Å². The highest BCUT2D eigenvalue weighted by molar-refractivity contribution is 5.81. The number of hydrogen-bond acceptors (Lipinski definition) is 6. The number of nitrogens with zero attached hydrogens (tertiary/aromatic N) is 3. The van der Waals surface area contributed by atoms with Gasteiger partial charge in [-0.3, -0.25) is 14.2 Å². The van der Waals surface area contributed by atoms with Gasteiger partial charge in [-0.15, -0.1) is 0 Å². The minimum Gasteiger partial charge on any atom is -0.493 e. The van der Waals surface area contributed by atoms with E-state index >= 15 is 0 Å². The van der Waals surface area contributed by atoms with Crippen LogP contribution in [0.4, 0.5) is 0 Å². The minimum atomic E-state index is -0.160. The van der Waals surface area contributed by atoms with Crippen molar-refractivity contribution in [2.45, 2.75) is 45.4 Å². The largest absolute Gasteiger partial charge is 0.493 e. The van der Waals surface area contributed by atoms with Crippen LogP contribution in [0.2, 0.25) is 0 Å². The first kappa shape index (κ1) is 20.1. The zero-order valence-electron chi connectivity index (χ0n) is 16.8. The van der Waals surface area contributed by atoms with Gasteiger partial charge in [0.15, 0.2) is 11.5 Å². The zero-order chi connectivity index (χ0) is 20.3. The Morgan fingerprint density at radius 2 is 1.96 bits per heavy atom. The Morgan fingerprint density at radius 1 is 1.25 bits per heavy atom. The van der Waals surface area contributed by atoms with Crippen LogP contribution in [-0.2, 0) is 16.1 Å². The van der Waals surface area contributed by atoms with E-state index in [0.717, 1.165) is 0 Å². The Kier molecular flexibility index (Phi) is 6.18. The lowest BCUT2D eigenvalue weighted by Gasteiger charge is -2.36. The number of morpholine rings is 1. The summed E-state index contributed by atoms with van der Waals surface area (Å²) in [7, 11) is 3.07. The molecule has 1 aromatic carbocycles. The molecule has 3 rings (SSSR count). The number of carbonyl (C=O) groups excluding carboxylic acids is 1. The highest BCUT2D eigenvalue weighted by atomic mass is 16.5. The number of hydrogen-bond donors (Lipinski definition) is 0. The number of amides is 1. The molecule has 0 N–H and O–H groups in total. The van der Waals surface area contributed by atoms with Crippen molar-refractivity contribution >= 4 is 16.8 Å². The summed E-state index contributed by atoms with van der Waals surface area (Å²) in [5.74, 6) is 1.10. The molecule has 2 aromatic rings. The Morgan fingerprint density at radius 3 is 2.68 bits per heavy atom. The Labute approximate surface area is 164 Å². The molecule has 0 radical (unpaired) electrons. The second-order valence-corrected chi connectivity index (χ2v) is 7.11. The Hall–Kier alpha value is -2.61. The van der Waals surface area contributed by atoms with E-state index in [0.29, 0.717) is 54.9 Å². The molecule has 2 atom stereocenters. The van der Waals surface area contributed by atoms with Gasteiger partial charge in [0, 0.05) is 25.6 Å². The summed E-state index contributed by atoms with van der Waals surface area (Å²) in [6, 6.07) is 3.41. The number of methoxy groups -OCH3 is 2. The summed E-state index contributed by atoms with van der Waals surface area (Å²) >= 11 is 0. The third kappa shape index (κ3) is 4.11. The second kappa shape index (κ2) is 8.60. The number of benzene rings is 1. The number of aromatic nitrogens is 2. The number of carbonyl (C=O) groups is 1. The molecule has 28 heavy (non-hydrogen) atoms. The summed E-state index contributed by atoms with van der Waals surface area (Å²) in [4.78, 5) is 31.5. The maximum Gasteiger partial charge on any atom is 0.261 e. The van der Waals surface area contributed by atoms with Crippen LogP contribution < -0.4 is 15.0 Å². The summed E-state index contributed by atoms with van der Waals surface area (Å²) < 4.78 is 17.6. The summed E-state index contributed by atoms with van der Waals surface area (Å²) in [5, 5.41) is 0.460. The predicted octanol–water partition coefficient (Wildman–Crippen LogP) is 1.83. The van der Waals surface area contributed by atoms with Crippen LogP contribution >= 0.6 is 0 Å². The fraction of sp³-hybridized carbons (Fsp3) is 0.550. The SMILES string of the molecule is COc1cc2ncn(CCCC(=O)N3CC(C)OCC3C)c(=O)c2cc1OC. The van der Waals surface area contributed by atoms with Crippen LogP contribution in [0.5, 0.6) is 11.5 Å². The van der Waals surface area contributed by atoms with Gasteiger partial charge in [0.1, 0.15) is 0 Å². The van der Waals surface area contributed by atoms with Gasteiger partial charge in [0.25, 0.3) is 5.56 Å². The van der Waals surface area contributed by atoms with Gasteiger partial charge >= 0.3 is 0 Å². The second-order valence-electron chi connectivity index (χ2n) is 7.11. The van der Waals surface area contributed by atoms with Crippen LogP contribution in [-0.4, -0.2) is 59.9 Å². The van der Waals surface area contributed by atoms with E-state index in [-0.39, 0.29) is 23.6 Å². The van der Waals surface area contributed by atoms with Gasteiger partial charge in [-0.1, -0.05) is 0 Å². The topological polar surface area (TPSA) is 82.9 Å². The first-order valence-corrected chi connectivity index (χ1v) is 9.46. The normalized spacial score (nSPS) is 19.6. The van der Waals surface area contributed by atoms with Gasteiger partial charge in [-0.25, -0.2) is 4.98 Å². The van der Waals surface area contributed by atoms with Gasteiger partial charge in [-0.05, 0) is 26.3 Å². The molecule has 0 aliphatic carbocycles. The Bertz CT molecular complexity index is 911. The lowest BCUT2D eigenvalue weighted by atomic mass is 10.1. The van der Waals surface area contributed by atoms with E-state index in [4.69, 9.17) is 14.2 Å². The molecule has 0 spiro atoms. The van der Waals surface area contributed by atoms with Crippen LogP contribution in [0.1, 0.15) is 26.7 Å². The molecular weight excluding hydrogens is 362 g/mol. The van der Waals surface area contributed by atoms with E-state index in [1.807, 2.05) is 18.7 Å². The zero-order valence-corrected chi connectivity index (χ0v) is 16.8. The van der Waals surface area contributed by atoms with E-state index < -0.39 is 0 Å². The molecule has 1 amide bonds. The van der Waals surface area contributed by atoms with Crippen LogP contribution in [0.3, 0.4) is 0 Å². The van der Waals surface area contributed by atoms with E-state index in [2.05, 4.69) is 4.98 Å². The molecule has 1 saturated heterocycles. The van der Waals surface area contributed by atoms with Crippen LogP contribution in [0, 0.1) is 0 Å². The highest BCUT2D eigenvalue weighted by Gasteiger charge is 2.26. The monoisotopic (exact) mass is 389 g/mol. The molecule has 8 heteroatoms. The number of fused-ring (bicyclic) bond motifs is 1. The summed E-state index contributed by atoms with van der Waals surface area (Å²) in [5.41, 5.74) is 0.387. The third-order valence-corrected chi connectivity index (χ3v) is 5.05. The van der Waals surface area contributed by atoms with Crippen molar-refractivity contribution in [2.75, 3.05) is 27.4 Å². The average Bonchev–Trinajstić information content (AvgIpc) is 2.70. The third-order valence-electron chi connectivity index (χ3n) is 5.05. The molecule has 2 heterocycles. The molecule has 1 aliphatic heterocycles. The first-order chi connectivity index (χ1) is 13.4. The van der Waals surface area contributed by atoms with Crippen molar-refractivity contribution < 1.29 is 19.0 Å². The van der Waals surface area contributed by atoms with E-state index in [1.165, 1.54) is 25.1 Å². The fourth-order valence-corrected chi connectivity index (χ4v) is 3.44. The van der Waals surface area contributed by atoms with Crippen molar-refractivity contribution in [1.29, 1.82) is 0 Å². The smallest absolute Gasteiger partial charge is 0.261 e. The summed E-state index contributed by atoms with van der Waals surface area (Å²) in [6.45, 7) is 5.56. The number of rotatable bonds is 6. The number of aryl methyl sites for hydroxylation is 1. The van der Waals surface area contributed by atoms with Gasteiger partial charge < -0.3 is 19.1 Å². The quantitative estimate of drug-likeness (QED) is 0.750. The molecule has 152 valence electrons. The Balaban J connectivity index is 1.70. The van der Waals surface area contributed by atoms with Crippen molar-refractivity contribution in [2.24, 2.45) is 0 Å². The maximum absolute atomic E-state index is 12.8. The minimum absolute atomic E-state index is 0.0550. The van der Waals surface area contributed by atoms with E-state index in [1.54, 1.807) is 12.1 Å². The van der Waals surface area contributed by atoms with Crippen molar-refractivity contribution in [3.63, 3.8) is 0 Å².